The number of hydrogen-bond acceptors (Lipinski definition) is 7. The van der Waals surface area contributed by atoms with Crippen LogP contribution in [0.4, 0.5) is 0 Å². The number of carbonyl (C=O) groups is 3. The van der Waals surface area contributed by atoms with Crippen molar-refractivity contribution in [2.45, 2.75) is 13.8 Å². The summed E-state index contributed by atoms with van der Waals surface area (Å²) in [6.45, 7) is 2.70. The van der Waals surface area contributed by atoms with Crippen molar-refractivity contribution in [3.05, 3.63) is 91.5 Å². The van der Waals surface area contributed by atoms with Crippen molar-refractivity contribution in [1.29, 1.82) is 0 Å². The Morgan fingerprint density at radius 3 is 2.11 bits per heavy atom. The standard InChI is InChI=1S/C27H21Cl3N2O6/c1-13-18(24(34)26(37-4)25(36-3)23(13)33)12-38-27(35)21-14(2)22(15-5-7-16(28)8-6-15)32(31-21)20-10-9-17(29)11-19(20)30/h5-11H,12H2,1-4H3. The Bertz CT molecular complexity index is 1540. The van der Waals surface area contributed by atoms with Crippen LogP contribution in [0.3, 0.4) is 0 Å². The molecular weight excluding hydrogens is 555 g/mol. The van der Waals surface area contributed by atoms with E-state index in [0.29, 0.717) is 32.0 Å². The van der Waals surface area contributed by atoms with Crippen LogP contribution in [0.15, 0.2) is 65.1 Å². The number of esters is 1. The zero-order chi connectivity index (χ0) is 27.7. The normalized spacial score (nSPS) is 13.8. The molecule has 0 aliphatic heterocycles. The van der Waals surface area contributed by atoms with E-state index in [1.165, 1.54) is 25.8 Å². The number of methoxy groups -OCH3 is 2. The first kappa shape index (κ1) is 27.4. The number of hydrogen-bond donors (Lipinski definition) is 0. The third-order valence-corrected chi connectivity index (χ3v) is 6.80. The van der Waals surface area contributed by atoms with Gasteiger partial charge in [-0.25, -0.2) is 9.48 Å². The summed E-state index contributed by atoms with van der Waals surface area (Å²) < 4.78 is 17.1. The summed E-state index contributed by atoms with van der Waals surface area (Å²) >= 11 is 18.6. The van der Waals surface area contributed by atoms with Crippen LogP contribution in [0, 0.1) is 6.92 Å². The lowest BCUT2D eigenvalue weighted by atomic mass is 9.93. The fourth-order valence-electron chi connectivity index (χ4n) is 4.04. The maximum atomic E-state index is 13.2. The molecule has 0 N–H and O–H groups in total. The van der Waals surface area contributed by atoms with Gasteiger partial charge in [0.1, 0.15) is 6.61 Å². The van der Waals surface area contributed by atoms with Gasteiger partial charge < -0.3 is 14.2 Å². The number of carbonyl (C=O) groups excluding carboxylic acids is 3. The molecule has 3 aromatic rings. The molecule has 1 aliphatic rings. The minimum atomic E-state index is -0.803. The highest BCUT2D eigenvalue weighted by molar-refractivity contribution is 6.35. The van der Waals surface area contributed by atoms with Gasteiger partial charge in [0, 0.05) is 32.3 Å². The fraction of sp³-hybridized carbons (Fsp3) is 0.185. The van der Waals surface area contributed by atoms with Crippen LogP contribution in [-0.4, -0.2) is 48.1 Å². The first-order valence-corrected chi connectivity index (χ1v) is 12.3. The van der Waals surface area contributed by atoms with Gasteiger partial charge in [-0.3, -0.25) is 9.59 Å². The SMILES string of the molecule is COC1=C(OC)C(=O)C(COC(=O)c2nn(-c3ccc(Cl)cc3Cl)c(-c3ccc(Cl)cc3)c2C)=C(C)C1=O. The molecule has 11 heteroatoms. The van der Waals surface area contributed by atoms with Crippen LogP contribution in [0.25, 0.3) is 16.9 Å². The van der Waals surface area contributed by atoms with Crippen molar-refractivity contribution in [2.24, 2.45) is 0 Å². The number of ether oxygens (including phenoxy) is 3. The second-order valence-corrected chi connectivity index (χ2v) is 9.52. The van der Waals surface area contributed by atoms with Gasteiger partial charge in [-0.15, -0.1) is 0 Å². The summed E-state index contributed by atoms with van der Waals surface area (Å²) in [7, 11) is 2.52. The Kier molecular flexibility index (Phi) is 7.97. The molecule has 0 bridgehead atoms. The molecule has 1 aromatic heterocycles. The van der Waals surface area contributed by atoms with Crippen molar-refractivity contribution in [3.63, 3.8) is 0 Å². The monoisotopic (exact) mass is 574 g/mol. The first-order valence-electron chi connectivity index (χ1n) is 11.2. The molecule has 0 radical (unpaired) electrons. The number of benzene rings is 2. The Morgan fingerprint density at radius 1 is 0.895 bits per heavy atom. The second kappa shape index (κ2) is 11.0. The molecule has 1 heterocycles. The van der Waals surface area contributed by atoms with Gasteiger partial charge >= 0.3 is 5.97 Å². The van der Waals surface area contributed by atoms with E-state index in [-0.39, 0.29) is 28.4 Å². The van der Waals surface area contributed by atoms with Crippen molar-refractivity contribution < 1.29 is 28.6 Å². The molecule has 38 heavy (non-hydrogen) atoms. The van der Waals surface area contributed by atoms with E-state index in [4.69, 9.17) is 49.0 Å². The van der Waals surface area contributed by atoms with Gasteiger partial charge in [-0.1, -0.05) is 46.9 Å². The van der Waals surface area contributed by atoms with Crippen LogP contribution in [0.2, 0.25) is 15.1 Å². The number of aromatic nitrogens is 2. The van der Waals surface area contributed by atoms with Crippen LogP contribution >= 0.6 is 34.8 Å². The molecule has 0 amide bonds. The fourth-order valence-corrected chi connectivity index (χ4v) is 4.65. The lowest BCUT2D eigenvalue weighted by Crippen LogP contribution is -2.27. The van der Waals surface area contributed by atoms with Crippen molar-refractivity contribution in [1.82, 2.24) is 9.78 Å². The molecule has 0 unspecified atom stereocenters. The van der Waals surface area contributed by atoms with E-state index in [1.54, 1.807) is 49.4 Å². The maximum Gasteiger partial charge on any atom is 0.359 e. The lowest BCUT2D eigenvalue weighted by molar-refractivity contribution is -0.121. The highest BCUT2D eigenvalue weighted by Crippen LogP contribution is 2.34. The molecule has 1 aliphatic carbocycles. The van der Waals surface area contributed by atoms with Crippen molar-refractivity contribution in [3.8, 4) is 16.9 Å². The Hall–Kier alpha value is -3.59. The summed E-state index contributed by atoms with van der Waals surface area (Å²) in [5, 5.41) is 5.79. The van der Waals surface area contributed by atoms with Crippen LogP contribution in [0.5, 0.6) is 0 Å². The summed E-state index contributed by atoms with van der Waals surface area (Å²) in [6, 6.07) is 11.9. The molecule has 4 rings (SSSR count). The predicted octanol–water partition coefficient (Wildman–Crippen LogP) is 5.94. The third kappa shape index (κ3) is 4.95. The summed E-state index contributed by atoms with van der Waals surface area (Å²) in [5.74, 6) is -2.39. The summed E-state index contributed by atoms with van der Waals surface area (Å²) in [5.41, 5.74) is 2.35. The number of nitrogens with zero attached hydrogens (tertiary/aromatic N) is 2. The highest BCUT2D eigenvalue weighted by Gasteiger charge is 2.35. The van der Waals surface area contributed by atoms with Crippen LogP contribution in [0.1, 0.15) is 23.0 Å². The zero-order valence-electron chi connectivity index (χ0n) is 20.7. The number of Topliss-reactive ketones (excluding diaryl/α,β-unsaturated/α-hetero) is 2. The molecule has 0 atom stereocenters. The molecule has 8 nitrogen and oxygen atoms in total. The van der Waals surface area contributed by atoms with E-state index in [2.05, 4.69) is 5.10 Å². The van der Waals surface area contributed by atoms with Gasteiger partial charge in [-0.05, 0) is 44.2 Å². The first-order chi connectivity index (χ1) is 18.1. The molecular formula is C27H21Cl3N2O6. The van der Waals surface area contributed by atoms with E-state index < -0.39 is 24.1 Å². The predicted molar refractivity (Wildman–Crippen MR) is 143 cm³/mol. The Labute approximate surface area is 233 Å². The van der Waals surface area contributed by atoms with E-state index in [0.717, 1.165) is 5.56 Å². The molecule has 2 aromatic carbocycles. The molecule has 0 saturated heterocycles. The largest absolute Gasteiger partial charge is 0.489 e. The van der Waals surface area contributed by atoms with Gasteiger partial charge in [0.25, 0.3) is 0 Å². The Balaban J connectivity index is 1.72. The smallest absolute Gasteiger partial charge is 0.359 e. The van der Waals surface area contributed by atoms with Gasteiger partial charge in [0.2, 0.25) is 23.1 Å². The van der Waals surface area contributed by atoms with E-state index in [9.17, 15) is 14.4 Å². The minimum absolute atomic E-state index is 0.00566. The minimum Gasteiger partial charge on any atom is -0.489 e. The highest BCUT2D eigenvalue weighted by atomic mass is 35.5. The zero-order valence-corrected chi connectivity index (χ0v) is 23.0. The van der Waals surface area contributed by atoms with E-state index >= 15 is 0 Å². The second-order valence-electron chi connectivity index (χ2n) is 8.24. The molecule has 0 saturated carbocycles. The number of halogens is 3. The van der Waals surface area contributed by atoms with Gasteiger partial charge in [0.15, 0.2) is 5.69 Å². The summed E-state index contributed by atoms with van der Waals surface area (Å²) in [4.78, 5) is 38.8. The Morgan fingerprint density at radius 2 is 1.50 bits per heavy atom. The maximum absolute atomic E-state index is 13.2. The number of allylic oxidation sites excluding steroid dienone is 2. The number of ketones is 2. The van der Waals surface area contributed by atoms with Gasteiger partial charge in [-0.2, -0.15) is 5.10 Å². The van der Waals surface area contributed by atoms with Crippen molar-refractivity contribution >= 4 is 52.3 Å². The third-order valence-electron chi connectivity index (χ3n) is 6.01. The average Bonchev–Trinajstić information content (AvgIpc) is 3.23. The lowest BCUT2D eigenvalue weighted by Gasteiger charge is -2.20. The molecule has 196 valence electrons. The van der Waals surface area contributed by atoms with E-state index in [1.807, 2.05) is 0 Å². The van der Waals surface area contributed by atoms with Gasteiger partial charge in [0.05, 0.1) is 30.6 Å². The molecule has 0 spiro atoms. The summed E-state index contributed by atoms with van der Waals surface area (Å²) in [6.07, 6.45) is 0. The molecule has 0 fully saturated rings. The van der Waals surface area contributed by atoms with Crippen LogP contribution < -0.4 is 0 Å². The van der Waals surface area contributed by atoms with Crippen molar-refractivity contribution in [2.75, 3.05) is 20.8 Å². The quantitative estimate of drug-likeness (QED) is 0.254. The van der Waals surface area contributed by atoms with Crippen LogP contribution in [-0.2, 0) is 23.8 Å². The topological polar surface area (TPSA) is 96.7 Å². The number of rotatable bonds is 7. The average molecular weight is 576 g/mol.